The van der Waals surface area contributed by atoms with Crippen LogP contribution in [0.5, 0.6) is 0 Å². The van der Waals surface area contributed by atoms with Crippen molar-refractivity contribution in [2.75, 3.05) is 17.2 Å². The van der Waals surface area contributed by atoms with Crippen molar-refractivity contribution in [2.45, 2.75) is 72.3 Å². The first-order chi connectivity index (χ1) is 14.9. The quantitative estimate of drug-likeness (QED) is 0.442. The van der Waals surface area contributed by atoms with Gasteiger partial charge < -0.3 is 14.9 Å². The minimum atomic E-state index is -2.15. The Labute approximate surface area is 196 Å². The van der Waals surface area contributed by atoms with Gasteiger partial charge in [0.05, 0.1) is 10.6 Å². The number of thiophene rings is 1. The molecule has 1 aromatic rings. The molecule has 0 radical (unpaired) electrons. The fourth-order valence-electron chi connectivity index (χ4n) is 4.52. The van der Waals surface area contributed by atoms with E-state index in [1.807, 2.05) is 20.8 Å². The van der Waals surface area contributed by atoms with E-state index >= 15 is 0 Å². The van der Waals surface area contributed by atoms with Gasteiger partial charge in [-0.1, -0.05) is 25.1 Å². The monoisotopic (exact) mass is 477 g/mol. The highest BCUT2D eigenvalue weighted by Gasteiger charge is 2.37. The average Bonchev–Trinajstić information content (AvgIpc) is 3.12. The molecule has 176 valence electrons. The summed E-state index contributed by atoms with van der Waals surface area (Å²) in [6, 6.07) is 1.68. The molecular weight excluding hydrogens is 441 g/mol. The summed E-state index contributed by atoms with van der Waals surface area (Å²) in [5.74, 6) is 5.85. The van der Waals surface area contributed by atoms with Crippen LogP contribution in [0.25, 0.3) is 0 Å². The van der Waals surface area contributed by atoms with Crippen molar-refractivity contribution in [3.8, 4) is 11.8 Å². The summed E-state index contributed by atoms with van der Waals surface area (Å²) in [4.78, 5) is 39.0. The van der Waals surface area contributed by atoms with Crippen molar-refractivity contribution in [1.82, 2.24) is 0 Å². The molecule has 1 aliphatic carbocycles. The van der Waals surface area contributed by atoms with Crippen molar-refractivity contribution < 1.29 is 19.6 Å². The predicted octanol–water partition coefficient (Wildman–Crippen LogP) is 5.52. The molecule has 2 N–H and O–H groups in total. The van der Waals surface area contributed by atoms with Crippen LogP contribution in [-0.2, 0) is 4.79 Å². The van der Waals surface area contributed by atoms with Crippen LogP contribution in [0.2, 0.25) is 0 Å². The molecule has 32 heavy (non-hydrogen) atoms. The van der Waals surface area contributed by atoms with E-state index in [1.54, 1.807) is 11.0 Å². The lowest BCUT2D eigenvalue weighted by Gasteiger charge is -2.40. The molecule has 1 saturated carbocycles. The maximum absolute atomic E-state index is 13.8. The zero-order valence-electron chi connectivity index (χ0n) is 19.7. The van der Waals surface area contributed by atoms with Crippen LogP contribution in [0.1, 0.15) is 80.8 Å². The van der Waals surface area contributed by atoms with Crippen LogP contribution in [0.15, 0.2) is 6.07 Å². The second-order valence-corrected chi connectivity index (χ2v) is 14.7. The van der Waals surface area contributed by atoms with E-state index < -0.39 is 13.1 Å². The molecule has 0 spiro atoms. The Morgan fingerprint density at radius 1 is 1.16 bits per heavy atom. The van der Waals surface area contributed by atoms with Gasteiger partial charge >= 0.3 is 5.97 Å². The third-order valence-corrected chi connectivity index (χ3v) is 9.66. The number of carbonyl (C=O) groups is 2. The number of anilines is 1. The Balaban J connectivity index is 2.01. The zero-order chi connectivity index (χ0) is 23.7. The largest absolute Gasteiger partial charge is 0.477 e. The van der Waals surface area contributed by atoms with Crippen LogP contribution >= 0.6 is 18.4 Å². The Morgan fingerprint density at radius 2 is 1.75 bits per heavy atom. The number of carbonyl (C=O) groups excluding carboxylic acids is 1. The molecule has 3 rings (SSSR count). The summed E-state index contributed by atoms with van der Waals surface area (Å²) < 4.78 is 0. The summed E-state index contributed by atoms with van der Waals surface area (Å²) in [5, 5.41) is 9.94. The smallest absolute Gasteiger partial charge is 0.348 e. The molecule has 1 aromatic heterocycles. The Kier molecular flexibility index (Phi) is 7.65. The Hall–Kier alpha value is -1.54. The van der Waals surface area contributed by atoms with Crippen LogP contribution in [-0.4, -0.2) is 46.5 Å². The number of rotatable bonds is 4. The highest BCUT2D eigenvalue weighted by Crippen LogP contribution is 2.48. The third kappa shape index (κ3) is 6.28. The lowest BCUT2D eigenvalue weighted by atomic mass is 9.82. The minimum absolute atomic E-state index is 0.0327. The first-order valence-corrected chi connectivity index (χ1v) is 14.7. The van der Waals surface area contributed by atoms with E-state index in [0.717, 1.165) is 37.0 Å². The number of aromatic carboxylic acids is 1. The lowest BCUT2D eigenvalue weighted by molar-refractivity contribution is -0.124. The van der Waals surface area contributed by atoms with Crippen LogP contribution < -0.4 is 4.90 Å². The topological polar surface area (TPSA) is 77.8 Å². The van der Waals surface area contributed by atoms with Crippen molar-refractivity contribution in [3.05, 3.63) is 15.8 Å². The van der Waals surface area contributed by atoms with Gasteiger partial charge in [0, 0.05) is 17.4 Å². The molecule has 1 aliphatic heterocycles. The van der Waals surface area contributed by atoms with E-state index in [9.17, 15) is 19.6 Å². The van der Waals surface area contributed by atoms with Crippen LogP contribution in [0.4, 0.5) is 5.69 Å². The lowest BCUT2D eigenvalue weighted by Crippen LogP contribution is -2.47. The van der Waals surface area contributed by atoms with Gasteiger partial charge in [-0.05, 0) is 90.7 Å². The SMILES string of the molecule is C=P1(O)CCC(N(C(=O)C2CCC(C)CC2)c2cc(C#CC(C)(C)C)sc2C(=O)O)CC1. The first kappa shape index (κ1) is 25.1. The Morgan fingerprint density at radius 3 is 2.28 bits per heavy atom. The molecule has 7 heteroatoms. The number of hydrogen-bond donors (Lipinski definition) is 2. The first-order valence-electron chi connectivity index (χ1n) is 11.5. The highest BCUT2D eigenvalue weighted by molar-refractivity contribution is 7.68. The minimum Gasteiger partial charge on any atom is -0.477 e. The van der Waals surface area contributed by atoms with Gasteiger partial charge in [-0.3, -0.25) is 4.79 Å². The van der Waals surface area contributed by atoms with Gasteiger partial charge in [-0.25, -0.2) is 4.79 Å². The normalized spacial score (nSPS) is 28.5. The molecule has 1 amide bonds. The number of hydrogen-bond acceptors (Lipinski definition) is 4. The second kappa shape index (κ2) is 9.75. The fraction of sp³-hybridized carbons (Fsp3) is 0.640. The van der Waals surface area contributed by atoms with Gasteiger partial charge in [0.2, 0.25) is 5.91 Å². The van der Waals surface area contributed by atoms with E-state index in [1.165, 1.54) is 0 Å². The predicted molar refractivity (Wildman–Crippen MR) is 135 cm³/mol. The molecule has 2 fully saturated rings. The molecule has 0 unspecified atom stereocenters. The highest BCUT2D eigenvalue weighted by atomic mass is 32.1. The molecule has 2 aliphatic rings. The van der Waals surface area contributed by atoms with E-state index in [-0.39, 0.29) is 28.2 Å². The van der Waals surface area contributed by atoms with E-state index in [0.29, 0.717) is 41.6 Å². The van der Waals surface area contributed by atoms with Crippen LogP contribution in [0.3, 0.4) is 0 Å². The number of carboxylic acids is 1. The summed E-state index contributed by atoms with van der Waals surface area (Å²) in [6.07, 6.45) is 10.2. The summed E-state index contributed by atoms with van der Waals surface area (Å²) in [6.45, 7) is 8.26. The molecule has 2 heterocycles. The van der Waals surface area contributed by atoms with E-state index in [4.69, 9.17) is 0 Å². The maximum atomic E-state index is 13.8. The second-order valence-electron chi connectivity index (χ2n) is 10.6. The number of carboxylic acid groups (broad SMARTS) is 1. The van der Waals surface area contributed by atoms with Gasteiger partial charge in [-0.2, -0.15) is 0 Å². The molecule has 0 bridgehead atoms. The summed E-state index contributed by atoms with van der Waals surface area (Å²) in [5.41, 5.74) is 0.273. The van der Waals surface area contributed by atoms with Crippen molar-refractivity contribution in [3.63, 3.8) is 0 Å². The van der Waals surface area contributed by atoms with Crippen molar-refractivity contribution in [2.24, 2.45) is 17.3 Å². The van der Waals surface area contributed by atoms with Gasteiger partial charge in [0.15, 0.2) is 0 Å². The molecule has 1 saturated heterocycles. The average molecular weight is 478 g/mol. The number of amides is 1. The van der Waals surface area contributed by atoms with Crippen molar-refractivity contribution in [1.29, 1.82) is 0 Å². The molecular formula is C25H36NO4PS. The molecule has 0 atom stereocenters. The van der Waals surface area contributed by atoms with E-state index in [2.05, 4.69) is 25.1 Å². The summed E-state index contributed by atoms with van der Waals surface area (Å²) >= 11 is 1.14. The number of nitrogens with zero attached hydrogens (tertiary/aromatic N) is 1. The molecule has 5 nitrogen and oxygen atoms in total. The van der Waals surface area contributed by atoms with Crippen molar-refractivity contribution >= 4 is 42.3 Å². The Bertz CT molecular complexity index is 960. The fourth-order valence-corrected chi connectivity index (χ4v) is 7.14. The molecule has 0 aromatic carbocycles. The summed E-state index contributed by atoms with van der Waals surface area (Å²) in [7, 11) is -2.15. The maximum Gasteiger partial charge on any atom is 0.348 e. The third-order valence-electron chi connectivity index (χ3n) is 6.45. The standard InChI is InChI=1S/C25H36NO4PS/c1-17-6-8-18(9-7-17)23(27)26(19-11-14-31(5,30)15-12-19)21-16-20(10-13-25(2,3)4)32-22(21)24(28)29/h16-19,30H,5-9,11-12,14-15H2,1-4H3,(H,28,29). The van der Waals surface area contributed by atoms with Crippen LogP contribution in [0, 0.1) is 29.1 Å². The van der Waals surface area contributed by atoms with Gasteiger partial charge in [-0.15, -0.1) is 11.3 Å². The zero-order valence-corrected chi connectivity index (χ0v) is 21.4. The van der Waals surface area contributed by atoms with Gasteiger partial charge in [0.25, 0.3) is 0 Å². The van der Waals surface area contributed by atoms with Gasteiger partial charge in [0.1, 0.15) is 4.88 Å².